The van der Waals surface area contributed by atoms with Crippen LogP contribution in [0.25, 0.3) is 0 Å². The second kappa shape index (κ2) is 8.88. The zero-order valence-corrected chi connectivity index (χ0v) is 20.1. The first kappa shape index (κ1) is 24.0. The molecule has 0 aromatic carbocycles. The monoisotopic (exact) mass is 466 g/mol. The smallest absolute Gasteiger partial charge is 0.322 e. The molecule has 0 unspecified atom stereocenters. The number of Topliss-reactive ketones (excluding diaryl/α,β-unsaturated/α-hetero) is 1. The Hall–Kier alpha value is -3.17. The fourth-order valence-corrected chi connectivity index (χ4v) is 5.90. The van der Waals surface area contributed by atoms with Gasteiger partial charge >= 0.3 is 11.9 Å². The Kier molecular flexibility index (Phi) is 6.26. The highest BCUT2D eigenvalue weighted by atomic mass is 16.5. The minimum absolute atomic E-state index is 0.0410. The Labute approximate surface area is 199 Å². The van der Waals surface area contributed by atoms with Gasteiger partial charge in [0.2, 0.25) is 0 Å². The number of pyridine rings is 2. The summed E-state index contributed by atoms with van der Waals surface area (Å²) in [6.45, 7) is 4.20. The Morgan fingerprint density at radius 3 is 1.59 bits per heavy atom. The molecule has 4 atom stereocenters. The SMILES string of the molecule is COC(=O)[C@]12CN(C(C)C)C[C@](C(=O)OC)(C1=O)[C@@H](c1ccncc1)N(C)[C@H]2c1ccncc1. The number of fused-ring (bicyclic) bond motifs is 2. The molecule has 0 spiro atoms. The summed E-state index contributed by atoms with van der Waals surface area (Å²) < 4.78 is 10.5. The summed E-state index contributed by atoms with van der Waals surface area (Å²) >= 11 is 0. The van der Waals surface area contributed by atoms with E-state index in [-0.39, 0.29) is 19.1 Å². The molecule has 0 N–H and O–H groups in total. The number of ether oxygens (including phenoxy) is 2. The van der Waals surface area contributed by atoms with E-state index in [2.05, 4.69) is 9.97 Å². The average Bonchev–Trinajstić information content (AvgIpc) is 2.85. The van der Waals surface area contributed by atoms with Gasteiger partial charge in [0.15, 0.2) is 16.6 Å². The van der Waals surface area contributed by atoms with E-state index in [0.717, 1.165) is 11.1 Å². The molecular weight excluding hydrogens is 436 g/mol. The van der Waals surface area contributed by atoms with E-state index >= 15 is 0 Å². The maximum atomic E-state index is 14.6. The predicted molar refractivity (Wildman–Crippen MR) is 122 cm³/mol. The van der Waals surface area contributed by atoms with E-state index in [4.69, 9.17) is 9.47 Å². The number of likely N-dealkylation sites (tertiary alicyclic amines) is 2. The second-order valence-corrected chi connectivity index (χ2v) is 9.29. The highest BCUT2D eigenvalue weighted by molar-refractivity contribution is 6.17. The quantitative estimate of drug-likeness (QED) is 0.482. The van der Waals surface area contributed by atoms with E-state index < -0.39 is 40.6 Å². The third-order valence-electron chi connectivity index (χ3n) is 7.34. The molecule has 0 radical (unpaired) electrons. The van der Waals surface area contributed by atoms with Crippen LogP contribution in [0.15, 0.2) is 49.1 Å². The van der Waals surface area contributed by atoms with Gasteiger partial charge in [0.25, 0.3) is 0 Å². The number of carbonyl (C=O) groups is 3. The van der Waals surface area contributed by atoms with E-state index in [1.54, 1.807) is 49.1 Å². The van der Waals surface area contributed by atoms with Gasteiger partial charge < -0.3 is 9.47 Å². The standard InChI is InChI=1S/C25H30N4O5/c1-16(2)29-14-24(22(31)33-4)19(17-6-10-26-11-7-17)28(3)20(18-8-12-27-13-9-18)25(15-29,21(24)30)23(32)34-5/h6-13,16,19-20H,14-15H2,1-5H3/t19-,20+,24-,25+. The normalized spacial score (nSPS) is 29.6. The van der Waals surface area contributed by atoms with Crippen molar-refractivity contribution < 1.29 is 23.9 Å². The van der Waals surface area contributed by atoms with Crippen molar-refractivity contribution in [3.63, 3.8) is 0 Å². The molecule has 2 aliphatic heterocycles. The number of rotatable bonds is 5. The van der Waals surface area contributed by atoms with Crippen LogP contribution >= 0.6 is 0 Å². The summed E-state index contributed by atoms with van der Waals surface area (Å²) in [4.78, 5) is 54.1. The van der Waals surface area contributed by atoms with Crippen LogP contribution < -0.4 is 0 Å². The van der Waals surface area contributed by atoms with E-state index in [1.807, 2.05) is 30.7 Å². The van der Waals surface area contributed by atoms with Crippen LogP contribution in [0.2, 0.25) is 0 Å². The van der Waals surface area contributed by atoms with Crippen LogP contribution in [0.5, 0.6) is 0 Å². The Balaban J connectivity index is 2.09. The van der Waals surface area contributed by atoms with Gasteiger partial charge in [-0.1, -0.05) is 0 Å². The van der Waals surface area contributed by atoms with Gasteiger partial charge in [-0.3, -0.25) is 34.2 Å². The van der Waals surface area contributed by atoms with Crippen LogP contribution in [0.1, 0.15) is 37.1 Å². The van der Waals surface area contributed by atoms with Gasteiger partial charge in [0.05, 0.1) is 26.3 Å². The first-order valence-corrected chi connectivity index (χ1v) is 11.2. The molecule has 2 saturated heterocycles. The molecular formula is C25H30N4O5. The first-order valence-electron chi connectivity index (χ1n) is 11.2. The van der Waals surface area contributed by atoms with Crippen molar-refractivity contribution in [3.8, 4) is 0 Å². The molecule has 180 valence electrons. The largest absolute Gasteiger partial charge is 0.468 e. The fourth-order valence-electron chi connectivity index (χ4n) is 5.90. The lowest BCUT2D eigenvalue weighted by atomic mass is 9.53. The van der Waals surface area contributed by atoms with E-state index in [9.17, 15) is 14.4 Å². The summed E-state index contributed by atoms with van der Waals surface area (Å²) in [5.41, 5.74) is -1.82. The van der Waals surface area contributed by atoms with Crippen molar-refractivity contribution >= 4 is 17.7 Å². The van der Waals surface area contributed by atoms with Crippen molar-refractivity contribution in [2.24, 2.45) is 10.8 Å². The van der Waals surface area contributed by atoms with Gasteiger partial charge in [-0.05, 0) is 56.3 Å². The third kappa shape index (κ3) is 3.25. The minimum atomic E-state index is -1.65. The van der Waals surface area contributed by atoms with Gasteiger partial charge in [0, 0.05) is 43.9 Å². The number of piperidine rings is 2. The molecule has 2 fully saturated rings. The number of carbonyl (C=O) groups excluding carboxylic acids is 3. The molecule has 0 saturated carbocycles. The molecule has 2 aromatic heterocycles. The maximum Gasteiger partial charge on any atom is 0.322 e. The maximum absolute atomic E-state index is 14.6. The summed E-state index contributed by atoms with van der Waals surface area (Å²) in [7, 11) is 4.39. The van der Waals surface area contributed by atoms with Crippen LogP contribution in [0.3, 0.4) is 0 Å². The van der Waals surface area contributed by atoms with Gasteiger partial charge in [0.1, 0.15) is 0 Å². The van der Waals surface area contributed by atoms with E-state index in [1.165, 1.54) is 14.2 Å². The number of nitrogens with zero attached hydrogens (tertiary/aromatic N) is 4. The van der Waals surface area contributed by atoms with Gasteiger partial charge in [-0.2, -0.15) is 0 Å². The molecule has 4 rings (SSSR count). The highest BCUT2D eigenvalue weighted by Gasteiger charge is 2.74. The number of hydrogen-bond acceptors (Lipinski definition) is 9. The fraction of sp³-hybridized carbons (Fsp3) is 0.480. The van der Waals surface area contributed by atoms with Gasteiger partial charge in [-0.15, -0.1) is 0 Å². The predicted octanol–water partition coefficient (Wildman–Crippen LogP) is 1.82. The van der Waals surface area contributed by atoms with Crippen LogP contribution in [-0.2, 0) is 23.9 Å². The number of hydrogen-bond donors (Lipinski definition) is 0. The molecule has 0 amide bonds. The summed E-state index contributed by atoms with van der Waals surface area (Å²) in [5, 5.41) is 0. The summed E-state index contributed by atoms with van der Waals surface area (Å²) in [6.07, 6.45) is 6.52. The molecule has 9 heteroatoms. The zero-order valence-electron chi connectivity index (χ0n) is 20.1. The molecule has 9 nitrogen and oxygen atoms in total. The second-order valence-electron chi connectivity index (χ2n) is 9.29. The Bertz CT molecular complexity index is 1000. The first-order chi connectivity index (χ1) is 16.3. The molecule has 2 aliphatic rings. The lowest BCUT2D eigenvalue weighted by Crippen LogP contribution is -2.76. The van der Waals surface area contributed by atoms with Crippen LogP contribution in [-0.4, -0.2) is 77.9 Å². The minimum Gasteiger partial charge on any atom is -0.468 e. The average molecular weight is 467 g/mol. The lowest BCUT2D eigenvalue weighted by molar-refractivity contribution is -0.204. The lowest BCUT2D eigenvalue weighted by Gasteiger charge is -2.61. The number of methoxy groups -OCH3 is 2. The van der Waals surface area contributed by atoms with Crippen molar-refractivity contribution in [1.82, 2.24) is 19.8 Å². The topological polar surface area (TPSA) is 102 Å². The number of esters is 2. The molecule has 34 heavy (non-hydrogen) atoms. The van der Waals surface area contributed by atoms with Crippen molar-refractivity contribution in [1.29, 1.82) is 0 Å². The summed E-state index contributed by atoms with van der Waals surface area (Å²) in [5.74, 6) is -1.81. The Morgan fingerprint density at radius 1 is 0.882 bits per heavy atom. The van der Waals surface area contributed by atoms with E-state index in [0.29, 0.717) is 0 Å². The number of aromatic nitrogens is 2. The van der Waals surface area contributed by atoms with Crippen molar-refractivity contribution in [3.05, 3.63) is 60.2 Å². The van der Waals surface area contributed by atoms with Crippen LogP contribution in [0.4, 0.5) is 0 Å². The van der Waals surface area contributed by atoms with Crippen molar-refractivity contribution in [2.75, 3.05) is 34.4 Å². The number of ketones is 1. The Morgan fingerprint density at radius 2 is 1.26 bits per heavy atom. The zero-order chi connectivity index (χ0) is 24.7. The molecule has 2 bridgehead atoms. The third-order valence-corrected chi connectivity index (χ3v) is 7.34. The molecule has 4 heterocycles. The highest BCUT2D eigenvalue weighted by Crippen LogP contribution is 2.60. The van der Waals surface area contributed by atoms with Gasteiger partial charge in [-0.25, -0.2) is 0 Å². The molecule has 2 aromatic rings. The van der Waals surface area contributed by atoms with Crippen molar-refractivity contribution in [2.45, 2.75) is 32.0 Å². The summed E-state index contributed by atoms with van der Waals surface area (Å²) in [6, 6.07) is 5.73. The molecule has 0 aliphatic carbocycles. The van der Waals surface area contributed by atoms with Crippen LogP contribution in [0, 0.1) is 10.8 Å².